The summed E-state index contributed by atoms with van der Waals surface area (Å²) in [5.74, 6) is 0.638. The summed E-state index contributed by atoms with van der Waals surface area (Å²) < 4.78 is 10.7. The van der Waals surface area contributed by atoms with Crippen LogP contribution < -0.4 is 15.4 Å². The maximum atomic E-state index is 12.8. The van der Waals surface area contributed by atoms with Gasteiger partial charge in [-0.3, -0.25) is 14.6 Å². The number of aromatic nitrogens is 1. The molecule has 0 aliphatic carbocycles. The first kappa shape index (κ1) is 24.3. The Labute approximate surface area is 197 Å². The summed E-state index contributed by atoms with van der Waals surface area (Å²) in [7, 11) is 1.58. The van der Waals surface area contributed by atoms with Crippen molar-refractivity contribution in [2.45, 2.75) is 18.0 Å². The van der Waals surface area contributed by atoms with E-state index in [-0.39, 0.29) is 17.6 Å². The van der Waals surface area contributed by atoms with Crippen molar-refractivity contribution in [3.63, 3.8) is 0 Å². The third kappa shape index (κ3) is 8.25. The second-order valence-electron chi connectivity index (χ2n) is 7.07. The van der Waals surface area contributed by atoms with Gasteiger partial charge in [-0.25, -0.2) is 0 Å². The van der Waals surface area contributed by atoms with Crippen LogP contribution in [0.2, 0.25) is 0 Å². The van der Waals surface area contributed by atoms with Gasteiger partial charge >= 0.3 is 0 Å². The van der Waals surface area contributed by atoms with E-state index in [4.69, 9.17) is 9.47 Å². The molecule has 0 aliphatic rings. The van der Waals surface area contributed by atoms with E-state index in [9.17, 15) is 9.59 Å². The van der Waals surface area contributed by atoms with Crippen LogP contribution in [0.15, 0.2) is 77.8 Å². The molecule has 3 rings (SSSR count). The first-order valence-electron chi connectivity index (χ1n) is 10.5. The summed E-state index contributed by atoms with van der Waals surface area (Å²) in [6.07, 6.45) is 1.73. The van der Waals surface area contributed by atoms with Crippen LogP contribution in [-0.2, 0) is 22.7 Å². The number of thioether (sulfide) groups is 1. The lowest BCUT2D eigenvalue weighted by molar-refractivity contribution is -0.118. The molecule has 1 aromatic heterocycles. The smallest absolute Gasteiger partial charge is 0.252 e. The van der Waals surface area contributed by atoms with Crippen LogP contribution in [0.25, 0.3) is 0 Å². The minimum atomic E-state index is -0.197. The number of pyridine rings is 1. The van der Waals surface area contributed by atoms with Crippen molar-refractivity contribution in [2.75, 3.05) is 26.0 Å². The van der Waals surface area contributed by atoms with E-state index in [1.807, 2.05) is 60.7 Å². The van der Waals surface area contributed by atoms with E-state index in [2.05, 4.69) is 15.6 Å². The Balaban J connectivity index is 1.53. The van der Waals surface area contributed by atoms with Crippen molar-refractivity contribution in [1.82, 2.24) is 15.6 Å². The van der Waals surface area contributed by atoms with Gasteiger partial charge in [0.05, 0.1) is 23.6 Å². The normalized spacial score (nSPS) is 10.5. The summed E-state index contributed by atoms with van der Waals surface area (Å²) >= 11 is 1.33. The minimum Gasteiger partial charge on any atom is -0.487 e. The fraction of sp³-hybridized carbons (Fsp3) is 0.240. The Kier molecular flexibility index (Phi) is 9.75. The van der Waals surface area contributed by atoms with Crippen molar-refractivity contribution >= 4 is 23.6 Å². The summed E-state index contributed by atoms with van der Waals surface area (Å²) in [6.45, 7) is 1.66. The number of nitrogens with zero attached hydrogens (tertiary/aromatic N) is 1. The quantitative estimate of drug-likeness (QED) is 0.315. The van der Waals surface area contributed by atoms with Crippen LogP contribution in [0.5, 0.6) is 5.75 Å². The number of rotatable bonds is 12. The van der Waals surface area contributed by atoms with Gasteiger partial charge in [0.15, 0.2) is 0 Å². The Morgan fingerprint density at radius 1 is 1.00 bits per heavy atom. The summed E-state index contributed by atoms with van der Waals surface area (Å²) in [4.78, 5) is 29.8. The number of nitrogens with one attached hydrogen (secondary N) is 2. The first-order valence-corrected chi connectivity index (χ1v) is 11.5. The lowest BCUT2D eigenvalue weighted by atomic mass is 10.2. The highest BCUT2D eigenvalue weighted by atomic mass is 32.2. The van der Waals surface area contributed by atoms with Crippen molar-refractivity contribution in [1.29, 1.82) is 0 Å². The van der Waals surface area contributed by atoms with Gasteiger partial charge in [-0.2, -0.15) is 0 Å². The van der Waals surface area contributed by atoms with Gasteiger partial charge < -0.3 is 20.1 Å². The molecule has 0 saturated heterocycles. The predicted octanol–water partition coefficient (Wildman–Crippen LogP) is 3.45. The third-order valence-electron chi connectivity index (χ3n) is 4.58. The van der Waals surface area contributed by atoms with Gasteiger partial charge in [0.1, 0.15) is 12.4 Å². The molecule has 3 aromatic rings. The van der Waals surface area contributed by atoms with Gasteiger partial charge in [-0.15, -0.1) is 11.8 Å². The molecule has 0 radical (unpaired) electrons. The van der Waals surface area contributed by atoms with Gasteiger partial charge in [-0.1, -0.05) is 30.3 Å². The van der Waals surface area contributed by atoms with Crippen LogP contribution in [0, 0.1) is 0 Å². The summed E-state index contributed by atoms with van der Waals surface area (Å²) in [5, 5.41) is 5.72. The van der Waals surface area contributed by atoms with Crippen molar-refractivity contribution in [3.05, 3.63) is 89.7 Å². The molecule has 0 atom stereocenters. The monoisotopic (exact) mass is 465 g/mol. The highest BCUT2D eigenvalue weighted by Gasteiger charge is 2.13. The molecular formula is C25H27N3O4S. The molecule has 0 unspecified atom stereocenters. The standard InChI is InChI=1S/C25H27N3O4S/c1-31-14-13-27-24(29)18-33-23-11-3-2-10-22(23)25(30)28-16-19-7-6-9-21(15-19)32-17-20-8-4-5-12-26-20/h2-12,15H,13-14,16-18H2,1H3,(H,27,29)(H,28,30). The highest BCUT2D eigenvalue weighted by molar-refractivity contribution is 8.00. The zero-order valence-electron chi connectivity index (χ0n) is 18.5. The molecule has 2 amide bonds. The molecule has 0 bridgehead atoms. The fourth-order valence-electron chi connectivity index (χ4n) is 2.93. The molecule has 0 saturated carbocycles. The van der Waals surface area contributed by atoms with E-state index in [0.29, 0.717) is 37.6 Å². The molecule has 0 spiro atoms. The molecular weight excluding hydrogens is 438 g/mol. The third-order valence-corrected chi connectivity index (χ3v) is 5.66. The zero-order valence-corrected chi connectivity index (χ0v) is 19.3. The number of carbonyl (C=O) groups excluding carboxylic acids is 2. The van der Waals surface area contributed by atoms with Gasteiger partial charge in [0, 0.05) is 31.3 Å². The van der Waals surface area contributed by atoms with Crippen molar-refractivity contribution in [3.8, 4) is 5.75 Å². The maximum absolute atomic E-state index is 12.8. The zero-order chi connectivity index (χ0) is 23.3. The molecule has 2 N–H and O–H groups in total. The van der Waals surface area contributed by atoms with Crippen LogP contribution in [0.3, 0.4) is 0 Å². The van der Waals surface area contributed by atoms with Crippen molar-refractivity contribution in [2.24, 2.45) is 0 Å². The van der Waals surface area contributed by atoms with Crippen LogP contribution >= 0.6 is 11.8 Å². The van der Waals surface area contributed by atoms with E-state index in [1.54, 1.807) is 19.4 Å². The number of hydrogen-bond donors (Lipinski definition) is 2. The largest absolute Gasteiger partial charge is 0.487 e. The van der Waals surface area contributed by atoms with Crippen molar-refractivity contribution < 1.29 is 19.1 Å². The Hall–Kier alpha value is -3.36. The van der Waals surface area contributed by atoms with Gasteiger partial charge in [0.25, 0.3) is 5.91 Å². The number of ether oxygens (including phenoxy) is 2. The van der Waals surface area contributed by atoms with Crippen LogP contribution in [0.4, 0.5) is 0 Å². The fourth-order valence-corrected chi connectivity index (χ4v) is 3.81. The molecule has 8 heteroatoms. The first-order chi connectivity index (χ1) is 16.2. The topological polar surface area (TPSA) is 89.5 Å². The van der Waals surface area contributed by atoms with E-state index in [0.717, 1.165) is 16.2 Å². The van der Waals surface area contributed by atoms with E-state index in [1.165, 1.54) is 11.8 Å². The van der Waals surface area contributed by atoms with Gasteiger partial charge in [0.2, 0.25) is 5.91 Å². The second kappa shape index (κ2) is 13.2. The minimum absolute atomic E-state index is 0.102. The number of methoxy groups -OCH3 is 1. The molecule has 0 fully saturated rings. The van der Waals surface area contributed by atoms with Gasteiger partial charge in [-0.05, 0) is 42.0 Å². The van der Waals surface area contributed by atoms with Crippen LogP contribution in [-0.4, -0.2) is 42.8 Å². The molecule has 172 valence electrons. The average Bonchev–Trinajstić information content (AvgIpc) is 2.86. The Morgan fingerprint density at radius 2 is 1.85 bits per heavy atom. The summed E-state index contributed by atoms with van der Waals surface area (Å²) in [5.41, 5.74) is 2.30. The summed E-state index contributed by atoms with van der Waals surface area (Å²) in [6, 6.07) is 20.5. The average molecular weight is 466 g/mol. The lowest BCUT2D eigenvalue weighted by Crippen LogP contribution is -2.28. The van der Waals surface area contributed by atoms with Crippen LogP contribution in [0.1, 0.15) is 21.6 Å². The number of carbonyl (C=O) groups is 2. The number of hydrogen-bond acceptors (Lipinski definition) is 6. The Bertz CT molecular complexity index is 1050. The molecule has 1 heterocycles. The van der Waals surface area contributed by atoms with E-state index >= 15 is 0 Å². The molecule has 0 aliphatic heterocycles. The number of benzene rings is 2. The lowest BCUT2D eigenvalue weighted by Gasteiger charge is -2.11. The molecule has 7 nitrogen and oxygen atoms in total. The molecule has 33 heavy (non-hydrogen) atoms. The Morgan fingerprint density at radius 3 is 2.67 bits per heavy atom. The van der Waals surface area contributed by atoms with E-state index < -0.39 is 0 Å². The molecule has 2 aromatic carbocycles. The maximum Gasteiger partial charge on any atom is 0.252 e. The second-order valence-corrected chi connectivity index (χ2v) is 8.08. The number of amides is 2. The highest BCUT2D eigenvalue weighted by Crippen LogP contribution is 2.23. The predicted molar refractivity (Wildman–Crippen MR) is 128 cm³/mol. The SMILES string of the molecule is COCCNC(=O)CSc1ccccc1C(=O)NCc1cccc(OCc2ccccn2)c1.